The van der Waals surface area contributed by atoms with E-state index in [4.69, 9.17) is 10.5 Å². The third-order valence-corrected chi connectivity index (χ3v) is 2.36. The molecular formula is C13H19ClN2O4. The molecule has 0 bridgehead atoms. The topological polar surface area (TPSA) is 90.6 Å². The molecule has 112 valence electrons. The smallest absolute Gasteiger partial charge is 0.343 e. The number of nitrogens with one attached hydrogen (secondary N) is 1. The van der Waals surface area contributed by atoms with Gasteiger partial charge in [0, 0.05) is 6.54 Å². The summed E-state index contributed by atoms with van der Waals surface area (Å²) in [7, 11) is 1.30. The fraction of sp³-hybridized carbons (Fsp3) is 0.385. The Morgan fingerprint density at radius 2 is 2.10 bits per heavy atom. The highest BCUT2D eigenvalue weighted by Crippen LogP contribution is 2.13. The Morgan fingerprint density at radius 3 is 2.70 bits per heavy atom. The average molecular weight is 303 g/mol. The molecule has 0 aliphatic carbocycles. The first-order valence-electron chi connectivity index (χ1n) is 5.84. The van der Waals surface area contributed by atoms with Gasteiger partial charge in [0.25, 0.3) is 0 Å². The van der Waals surface area contributed by atoms with E-state index in [2.05, 4.69) is 10.1 Å². The van der Waals surface area contributed by atoms with Crippen molar-refractivity contribution in [3.05, 3.63) is 29.8 Å². The van der Waals surface area contributed by atoms with Crippen LogP contribution in [-0.2, 0) is 20.9 Å². The molecule has 1 aromatic carbocycles. The van der Waals surface area contributed by atoms with Crippen LogP contribution in [0.15, 0.2) is 24.3 Å². The van der Waals surface area contributed by atoms with Crippen molar-refractivity contribution in [1.82, 2.24) is 5.32 Å². The predicted molar refractivity (Wildman–Crippen MR) is 76.7 cm³/mol. The zero-order valence-electron chi connectivity index (χ0n) is 11.4. The van der Waals surface area contributed by atoms with Crippen molar-refractivity contribution < 1.29 is 19.1 Å². The van der Waals surface area contributed by atoms with Crippen LogP contribution in [0.4, 0.5) is 0 Å². The van der Waals surface area contributed by atoms with Crippen LogP contribution in [0.2, 0.25) is 0 Å². The van der Waals surface area contributed by atoms with Gasteiger partial charge in [-0.25, -0.2) is 4.79 Å². The molecule has 20 heavy (non-hydrogen) atoms. The number of ether oxygens (including phenoxy) is 2. The minimum absolute atomic E-state index is 0. The summed E-state index contributed by atoms with van der Waals surface area (Å²) in [5.41, 5.74) is 6.30. The highest BCUT2D eigenvalue weighted by Gasteiger charge is 2.07. The average Bonchev–Trinajstić information content (AvgIpc) is 2.42. The maximum absolute atomic E-state index is 11.3. The molecule has 6 nitrogen and oxygen atoms in total. The lowest BCUT2D eigenvalue weighted by Crippen LogP contribution is -2.37. The van der Waals surface area contributed by atoms with E-state index in [1.807, 2.05) is 6.07 Å². The van der Waals surface area contributed by atoms with E-state index in [1.165, 1.54) is 7.11 Å². The van der Waals surface area contributed by atoms with Gasteiger partial charge < -0.3 is 20.5 Å². The minimum atomic E-state index is -0.543. The molecule has 0 fully saturated rings. The largest absolute Gasteiger partial charge is 0.482 e. The summed E-state index contributed by atoms with van der Waals surface area (Å²) in [4.78, 5) is 22.3. The molecule has 0 radical (unpaired) electrons. The third-order valence-electron chi connectivity index (χ3n) is 2.36. The van der Waals surface area contributed by atoms with Gasteiger partial charge in [-0.2, -0.15) is 0 Å². The summed E-state index contributed by atoms with van der Waals surface area (Å²) >= 11 is 0. The standard InChI is InChI=1S/C13H18N2O4.ClH/c1-9(14)13(17)15-7-10-4-3-5-11(6-10)19-8-12(16)18-2;/h3-6,9H,7-8,14H2,1-2H3,(H,15,17);1H/t9-;/m0./s1. The number of amides is 1. The molecule has 7 heteroatoms. The van der Waals surface area contributed by atoms with Crippen molar-refractivity contribution in [2.24, 2.45) is 5.73 Å². The molecule has 0 aliphatic heterocycles. The summed E-state index contributed by atoms with van der Waals surface area (Å²) in [6, 6.07) is 6.54. The molecule has 0 saturated carbocycles. The van der Waals surface area contributed by atoms with Gasteiger partial charge >= 0.3 is 5.97 Å². The molecule has 1 aromatic rings. The fourth-order valence-corrected chi connectivity index (χ4v) is 1.30. The van der Waals surface area contributed by atoms with Gasteiger partial charge in [-0.3, -0.25) is 4.79 Å². The molecular weight excluding hydrogens is 284 g/mol. The first kappa shape index (κ1) is 18.2. The van der Waals surface area contributed by atoms with Crippen molar-refractivity contribution in [3.8, 4) is 5.75 Å². The number of nitrogens with two attached hydrogens (primary N) is 1. The molecule has 0 heterocycles. The highest BCUT2D eigenvalue weighted by atomic mass is 35.5. The second kappa shape index (κ2) is 9.17. The quantitative estimate of drug-likeness (QED) is 0.752. The summed E-state index contributed by atoms with van der Waals surface area (Å²) in [6.07, 6.45) is 0. The molecule has 0 spiro atoms. The second-order valence-electron chi connectivity index (χ2n) is 4.02. The number of benzene rings is 1. The van der Waals surface area contributed by atoms with Gasteiger partial charge in [0.15, 0.2) is 6.61 Å². The van der Waals surface area contributed by atoms with Crippen molar-refractivity contribution in [2.75, 3.05) is 13.7 Å². The maximum Gasteiger partial charge on any atom is 0.343 e. The van der Waals surface area contributed by atoms with Crippen molar-refractivity contribution in [3.63, 3.8) is 0 Å². The van der Waals surface area contributed by atoms with Crippen LogP contribution in [0.25, 0.3) is 0 Å². The summed E-state index contributed by atoms with van der Waals surface area (Å²) in [5.74, 6) is -0.130. The van der Waals surface area contributed by atoms with Gasteiger partial charge in [-0.15, -0.1) is 12.4 Å². The number of hydrogen-bond donors (Lipinski definition) is 2. The summed E-state index contributed by atoms with van der Waals surface area (Å²) < 4.78 is 9.71. The second-order valence-corrected chi connectivity index (χ2v) is 4.02. The van der Waals surface area contributed by atoms with Crippen LogP contribution in [0.3, 0.4) is 0 Å². The van der Waals surface area contributed by atoms with E-state index in [9.17, 15) is 9.59 Å². The summed E-state index contributed by atoms with van der Waals surface area (Å²) in [6.45, 7) is 1.83. The van der Waals surface area contributed by atoms with Crippen LogP contribution in [0, 0.1) is 0 Å². The molecule has 0 aliphatic rings. The Labute approximate surface area is 124 Å². The van der Waals surface area contributed by atoms with Crippen molar-refractivity contribution in [2.45, 2.75) is 19.5 Å². The van der Waals surface area contributed by atoms with Crippen LogP contribution in [-0.4, -0.2) is 31.6 Å². The maximum atomic E-state index is 11.3. The van der Waals surface area contributed by atoms with Gasteiger partial charge in [0.05, 0.1) is 13.2 Å². The van der Waals surface area contributed by atoms with Crippen LogP contribution < -0.4 is 15.8 Å². The molecule has 3 N–H and O–H groups in total. The lowest BCUT2D eigenvalue weighted by molar-refractivity contribution is -0.142. The highest BCUT2D eigenvalue weighted by molar-refractivity contribution is 5.85. The lowest BCUT2D eigenvalue weighted by atomic mass is 10.2. The molecule has 1 amide bonds. The van der Waals surface area contributed by atoms with Crippen LogP contribution >= 0.6 is 12.4 Å². The molecule has 0 aromatic heterocycles. The number of methoxy groups -OCH3 is 1. The Hall–Kier alpha value is -1.79. The van der Waals surface area contributed by atoms with Gasteiger partial charge in [0.1, 0.15) is 5.75 Å². The first-order valence-corrected chi connectivity index (χ1v) is 5.84. The number of carbonyl (C=O) groups is 2. The van der Waals surface area contributed by atoms with E-state index in [0.717, 1.165) is 5.56 Å². The Kier molecular flexibility index (Phi) is 8.35. The van der Waals surface area contributed by atoms with Gasteiger partial charge in [-0.1, -0.05) is 12.1 Å². The molecule has 0 saturated heterocycles. The number of hydrogen-bond acceptors (Lipinski definition) is 5. The predicted octanol–water partition coefficient (Wildman–Crippen LogP) is 0.624. The van der Waals surface area contributed by atoms with Crippen LogP contribution in [0.5, 0.6) is 5.75 Å². The van der Waals surface area contributed by atoms with Gasteiger partial charge in [-0.05, 0) is 24.6 Å². The normalized spacial score (nSPS) is 10.9. The van der Waals surface area contributed by atoms with E-state index in [1.54, 1.807) is 25.1 Å². The van der Waals surface area contributed by atoms with E-state index in [-0.39, 0.29) is 24.9 Å². The SMILES string of the molecule is COC(=O)COc1cccc(CNC(=O)[C@H](C)N)c1.Cl. The van der Waals surface area contributed by atoms with E-state index >= 15 is 0 Å². The Bertz CT molecular complexity index is 452. The van der Waals surface area contributed by atoms with E-state index in [0.29, 0.717) is 12.3 Å². The monoisotopic (exact) mass is 302 g/mol. The van der Waals surface area contributed by atoms with Crippen molar-refractivity contribution in [1.29, 1.82) is 0 Å². The van der Waals surface area contributed by atoms with Gasteiger partial charge in [0.2, 0.25) is 5.91 Å². The van der Waals surface area contributed by atoms with Crippen LogP contribution in [0.1, 0.15) is 12.5 Å². The fourth-order valence-electron chi connectivity index (χ4n) is 1.30. The third kappa shape index (κ3) is 6.40. The molecule has 1 atom stereocenters. The zero-order valence-corrected chi connectivity index (χ0v) is 12.2. The number of halogens is 1. The molecule has 1 rings (SSSR count). The Balaban J connectivity index is 0.00000361. The molecule has 0 unspecified atom stereocenters. The number of esters is 1. The lowest BCUT2D eigenvalue weighted by Gasteiger charge is -2.09. The van der Waals surface area contributed by atoms with Crippen molar-refractivity contribution >= 4 is 24.3 Å². The minimum Gasteiger partial charge on any atom is -0.482 e. The first-order chi connectivity index (χ1) is 9.02. The Morgan fingerprint density at radius 1 is 1.40 bits per heavy atom. The zero-order chi connectivity index (χ0) is 14.3. The van der Waals surface area contributed by atoms with E-state index < -0.39 is 12.0 Å². The summed E-state index contributed by atoms with van der Waals surface area (Å²) in [5, 5.41) is 2.69. The number of carbonyl (C=O) groups excluding carboxylic acids is 2. The number of rotatable bonds is 6.